The van der Waals surface area contributed by atoms with Crippen LogP contribution >= 0.6 is 0 Å². The third-order valence-electron chi connectivity index (χ3n) is 2.28. The van der Waals surface area contributed by atoms with Crippen molar-refractivity contribution < 1.29 is 9.90 Å². The molecular weight excluding hydrogens is 180 g/mol. The van der Waals surface area contributed by atoms with Gasteiger partial charge in [-0.2, -0.15) is 0 Å². The van der Waals surface area contributed by atoms with E-state index in [0.29, 0.717) is 19.5 Å². The van der Waals surface area contributed by atoms with E-state index >= 15 is 0 Å². The average Bonchev–Trinajstić information content (AvgIpc) is 2.17. The van der Waals surface area contributed by atoms with Gasteiger partial charge in [-0.25, -0.2) is 0 Å². The van der Waals surface area contributed by atoms with Crippen LogP contribution in [0.5, 0.6) is 0 Å². The smallest absolute Gasteiger partial charge is 0.239 e. The molecule has 0 heterocycles. The predicted molar refractivity (Wildman–Crippen MR) is 56.8 cm³/mol. The highest BCUT2D eigenvalue weighted by molar-refractivity contribution is 5.81. The Labute approximate surface area is 86.1 Å². The average molecular weight is 202 g/mol. The van der Waals surface area contributed by atoms with Crippen LogP contribution in [0, 0.1) is 5.92 Å². The number of hydrogen-bond acceptors (Lipinski definition) is 3. The standard InChI is InChI=1S/C10H22N2O2/c1-4-12(6-5-7-13)10(14)9(11)8(2)3/h8-9,13H,4-7,11H2,1-3H3. The van der Waals surface area contributed by atoms with Crippen LogP contribution in [-0.2, 0) is 4.79 Å². The third kappa shape index (κ3) is 4.07. The Morgan fingerprint density at radius 2 is 2.07 bits per heavy atom. The summed E-state index contributed by atoms with van der Waals surface area (Å²) in [5, 5.41) is 8.67. The van der Waals surface area contributed by atoms with Gasteiger partial charge in [0.25, 0.3) is 0 Å². The fraction of sp³-hybridized carbons (Fsp3) is 0.900. The van der Waals surface area contributed by atoms with Crippen LogP contribution in [0.25, 0.3) is 0 Å². The molecule has 0 spiro atoms. The van der Waals surface area contributed by atoms with E-state index in [1.165, 1.54) is 0 Å². The minimum atomic E-state index is -0.423. The van der Waals surface area contributed by atoms with Gasteiger partial charge in [-0.15, -0.1) is 0 Å². The fourth-order valence-corrected chi connectivity index (χ4v) is 1.18. The van der Waals surface area contributed by atoms with E-state index in [-0.39, 0.29) is 18.4 Å². The summed E-state index contributed by atoms with van der Waals surface area (Å²) in [7, 11) is 0. The van der Waals surface area contributed by atoms with Crippen molar-refractivity contribution >= 4 is 5.91 Å². The summed E-state index contributed by atoms with van der Waals surface area (Å²) in [5.74, 6) is 0.140. The molecule has 0 fully saturated rings. The van der Waals surface area contributed by atoms with Crippen molar-refractivity contribution in [2.75, 3.05) is 19.7 Å². The molecule has 4 nitrogen and oxygen atoms in total. The molecule has 1 atom stereocenters. The number of amides is 1. The molecule has 0 aliphatic carbocycles. The Kier molecular flexibility index (Phi) is 6.49. The fourth-order valence-electron chi connectivity index (χ4n) is 1.18. The molecule has 0 aromatic carbocycles. The number of nitrogens with two attached hydrogens (primary N) is 1. The van der Waals surface area contributed by atoms with Crippen molar-refractivity contribution in [1.29, 1.82) is 0 Å². The first kappa shape index (κ1) is 13.4. The molecule has 84 valence electrons. The number of aliphatic hydroxyl groups excluding tert-OH is 1. The second kappa shape index (κ2) is 6.79. The molecule has 0 radical (unpaired) electrons. The molecule has 0 rings (SSSR count). The maximum absolute atomic E-state index is 11.7. The van der Waals surface area contributed by atoms with Crippen molar-refractivity contribution in [3.8, 4) is 0 Å². The van der Waals surface area contributed by atoms with Crippen molar-refractivity contribution in [3.63, 3.8) is 0 Å². The number of hydrogen-bond donors (Lipinski definition) is 2. The van der Waals surface area contributed by atoms with Crippen LogP contribution in [0.15, 0.2) is 0 Å². The SMILES string of the molecule is CCN(CCCO)C(=O)C(N)C(C)C. The zero-order chi connectivity index (χ0) is 11.1. The van der Waals surface area contributed by atoms with Crippen molar-refractivity contribution in [1.82, 2.24) is 4.90 Å². The number of nitrogens with zero attached hydrogens (tertiary/aromatic N) is 1. The molecule has 0 aliphatic rings. The lowest BCUT2D eigenvalue weighted by atomic mass is 10.0. The summed E-state index contributed by atoms with van der Waals surface area (Å²) in [5.41, 5.74) is 5.75. The van der Waals surface area contributed by atoms with Gasteiger partial charge in [0.1, 0.15) is 0 Å². The van der Waals surface area contributed by atoms with Gasteiger partial charge in [-0.1, -0.05) is 13.8 Å². The van der Waals surface area contributed by atoms with Gasteiger partial charge in [0.2, 0.25) is 5.91 Å². The first-order valence-electron chi connectivity index (χ1n) is 5.19. The van der Waals surface area contributed by atoms with E-state index in [4.69, 9.17) is 10.8 Å². The zero-order valence-corrected chi connectivity index (χ0v) is 9.36. The summed E-state index contributed by atoms with van der Waals surface area (Å²) in [6.07, 6.45) is 0.615. The van der Waals surface area contributed by atoms with Crippen LogP contribution in [0.1, 0.15) is 27.2 Å². The molecule has 0 bridgehead atoms. The molecule has 0 aromatic heterocycles. The lowest BCUT2D eigenvalue weighted by molar-refractivity contribution is -0.133. The highest BCUT2D eigenvalue weighted by atomic mass is 16.3. The molecule has 1 unspecified atom stereocenters. The summed E-state index contributed by atoms with van der Waals surface area (Å²) < 4.78 is 0. The number of likely N-dealkylation sites (N-methyl/N-ethyl adjacent to an activating group) is 1. The molecule has 3 N–H and O–H groups in total. The van der Waals surface area contributed by atoms with Gasteiger partial charge in [0.05, 0.1) is 6.04 Å². The molecule has 0 aliphatic heterocycles. The summed E-state index contributed by atoms with van der Waals surface area (Å²) in [6.45, 7) is 7.14. The highest BCUT2D eigenvalue weighted by Crippen LogP contribution is 2.04. The summed E-state index contributed by atoms with van der Waals surface area (Å²) >= 11 is 0. The Balaban J connectivity index is 4.16. The van der Waals surface area contributed by atoms with Crippen LogP contribution in [0.3, 0.4) is 0 Å². The Bertz CT molecular complexity index is 172. The maximum Gasteiger partial charge on any atom is 0.239 e. The predicted octanol–water partition coefficient (Wildman–Crippen LogP) is 0.201. The number of carbonyl (C=O) groups excluding carboxylic acids is 1. The quantitative estimate of drug-likeness (QED) is 0.646. The van der Waals surface area contributed by atoms with E-state index in [1.54, 1.807) is 4.90 Å². The monoisotopic (exact) mass is 202 g/mol. The van der Waals surface area contributed by atoms with E-state index in [2.05, 4.69) is 0 Å². The third-order valence-corrected chi connectivity index (χ3v) is 2.28. The number of carbonyl (C=O) groups is 1. The van der Waals surface area contributed by atoms with Crippen LogP contribution in [0.2, 0.25) is 0 Å². The van der Waals surface area contributed by atoms with E-state index in [1.807, 2.05) is 20.8 Å². The summed E-state index contributed by atoms with van der Waals surface area (Å²) in [6, 6.07) is -0.423. The Hall–Kier alpha value is -0.610. The minimum Gasteiger partial charge on any atom is -0.396 e. The molecule has 4 heteroatoms. The number of rotatable bonds is 6. The van der Waals surface area contributed by atoms with Crippen molar-refractivity contribution in [3.05, 3.63) is 0 Å². The van der Waals surface area contributed by atoms with Gasteiger partial charge in [-0.05, 0) is 19.3 Å². The lowest BCUT2D eigenvalue weighted by Gasteiger charge is -2.25. The largest absolute Gasteiger partial charge is 0.396 e. The van der Waals surface area contributed by atoms with E-state index in [9.17, 15) is 4.79 Å². The van der Waals surface area contributed by atoms with Gasteiger partial charge < -0.3 is 15.7 Å². The summed E-state index contributed by atoms with van der Waals surface area (Å²) in [4.78, 5) is 13.4. The number of aliphatic hydroxyl groups is 1. The Morgan fingerprint density at radius 1 is 1.50 bits per heavy atom. The molecular formula is C10H22N2O2. The molecule has 0 aromatic rings. The van der Waals surface area contributed by atoms with Crippen molar-refractivity contribution in [2.45, 2.75) is 33.2 Å². The van der Waals surface area contributed by atoms with E-state index in [0.717, 1.165) is 0 Å². The zero-order valence-electron chi connectivity index (χ0n) is 9.36. The van der Waals surface area contributed by atoms with Gasteiger partial charge in [0, 0.05) is 19.7 Å². The van der Waals surface area contributed by atoms with E-state index < -0.39 is 6.04 Å². The van der Waals surface area contributed by atoms with Crippen LogP contribution < -0.4 is 5.73 Å². The van der Waals surface area contributed by atoms with Crippen LogP contribution in [-0.4, -0.2) is 41.7 Å². The second-order valence-electron chi connectivity index (χ2n) is 3.76. The molecule has 0 saturated carbocycles. The Morgan fingerprint density at radius 3 is 2.43 bits per heavy atom. The van der Waals surface area contributed by atoms with Crippen LogP contribution in [0.4, 0.5) is 0 Å². The maximum atomic E-state index is 11.7. The van der Waals surface area contributed by atoms with Crippen molar-refractivity contribution in [2.24, 2.45) is 11.7 Å². The second-order valence-corrected chi connectivity index (χ2v) is 3.76. The normalized spacial score (nSPS) is 13.0. The van der Waals surface area contributed by atoms with Gasteiger partial charge >= 0.3 is 0 Å². The van der Waals surface area contributed by atoms with Gasteiger partial charge in [0.15, 0.2) is 0 Å². The minimum absolute atomic E-state index is 0.0176. The lowest BCUT2D eigenvalue weighted by Crippen LogP contribution is -2.46. The molecule has 1 amide bonds. The highest BCUT2D eigenvalue weighted by Gasteiger charge is 2.21. The molecule has 14 heavy (non-hydrogen) atoms. The molecule has 0 saturated heterocycles. The van der Waals surface area contributed by atoms with Gasteiger partial charge in [-0.3, -0.25) is 4.79 Å². The topological polar surface area (TPSA) is 66.6 Å². The first-order valence-corrected chi connectivity index (χ1v) is 5.19. The first-order chi connectivity index (χ1) is 6.54.